The van der Waals surface area contributed by atoms with E-state index in [-0.39, 0.29) is 113 Å². The summed E-state index contributed by atoms with van der Waals surface area (Å²) in [6, 6.07) is -0.703. The van der Waals surface area contributed by atoms with Gasteiger partial charge in [-0.05, 0) is 195 Å². The number of carbonyl (C=O) groups excluding carboxylic acids is 15. The number of benzene rings is 2. The minimum Gasteiger partial charge on any atom is -1.00 e. The SMILES string of the molecule is CC[C@H](C)[C@H](NC(=O)[C@H](CCCCN)NC(=O)[C@H](CCCCN)NC(=O)[C@H](Cc1ccccc1)NC(=O)[C@H](CC(C)C)NC(=O)[C@H](CCCC[N+](C)(C)C)NC(=O)[C@H](Cc1c[nH]c2ccccc12)NC(=O)[C@@H](N)CCCC[N+](C)(C)C)C(=O)NCC(=O)N[C@@H](C)C(=O)N[C@H](C(=O)N[C@@H](CC(C)C)C(=O)N[C@@H](CCCCN)C(=O)N[C@H](C(=O)N[C@@H](CC(C)C)C(N)=O)C(C)C)C(C)C.[Cl-].[Cl-]. The molecule has 0 aliphatic heterocycles. The summed E-state index contributed by atoms with van der Waals surface area (Å²) >= 11 is 0. The molecule has 37 nitrogen and oxygen atoms in total. The first kappa shape index (κ1) is 122. The number of fused-ring (bicyclic) bond motifs is 1. The molecular formula is C95H166Cl2N22O15. The zero-order valence-electron chi connectivity index (χ0n) is 83.1. The van der Waals surface area contributed by atoms with Crippen LogP contribution in [0.15, 0.2) is 60.8 Å². The summed E-state index contributed by atoms with van der Waals surface area (Å²) in [5, 5.41) is 39.7. The van der Waals surface area contributed by atoms with Gasteiger partial charge >= 0.3 is 0 Å². The number of nitrogens with two attached hydrogens (primary N) is 5. The van der Waals surface area contributed by atoms with Gasteiger partial charge in [0.15, 0.2) is 0 Å². The Kier molecular flexibility index (Phi) is 57.4. The molecule has 3 aromatic rings. The van der Waals surface area contributed by atoms with Gasteiger partial charge in [0.05, 0.1) is 68.0 Å². The zero-order valence-corrected chi connectivity index (χ0v) is 84.6. The number of hydrogen-bond donors (Lipinski definition) is 20. The molecule has 1 heterocycles. The van der Waals surface area contributed by atoms with Gasteiger partial charge in [0.25, 0.3) is 0 Å². The molecule has 0 spiro atoms. The first-order chi connectivity index (χ1) is 62.0. The predicted molar refractivity (Wildman–Crippen MR) is 513 cm³/mol. The van der Waals surface area contributed by atoms with E-state index in [1.165, 1.54) is 6.92 Å². The molecule has 0 aliphatic carbocycles. The molecular weight excluding hydrogens is 1760 g/mol. The van der Waals surface area contributed by atoms with Gasteiger partial charge in [0.1, 0.15) is 78.5 Å². The zero-order chi connectivity index (χ0) is 99.3. The maximum absolute atomic E-state index is 15.2. The van der Waals surface area contributed by atoms with Crippen molar-refractivity contribution in [2.45, 2.75) is 309 Å². The van der Waals surface area contributed by atoms with Crippen LogP contribution in [0, 0.1) is 35.5 Å². The number of carbonyl (C=O) groups is 15. The monoisotopic (exact) mass is 1930 g/mol. The molecule has 0 aliphatic rings. The normalized spacial score (nSPS) is 15.0. The van der Waals surface area contributed by atoms with E-state index in [4.69, 9.17) is 28.7 Å². The van der Waals surface area contributed by atoms with Gasteiger partial charge in [-0.25, -0.2) is 0 Å². The van der Waals surface area contributed by atoms with Crippen molar-refractivity contribution >= 4 is 99.5 Å². The van der Waals surface area contributed by atoms with Gasteiger partial charge in [-0.15, -0.1) is 0 Å². The lowest BCUT2D eigenvalue weighted by atomic mass is 9.97. The summed E-state index contributed by atoms with van der Waals surface area (Å²) in [6.07, 6.45) is 8.27. The molecule has 0 unspecified atom stereocenters. The van der Waals surface area contributed by atoms with Crippen LogP contribution in [0.4, 0.5) is 0 Å². The number of unbranched alkanes of at least 4 members (excludes halogenated alkanes) is 5. The third-order valence-corrected chi connectivity index (χ3v) is 23.1. The first-order valence-electron chi connectivity index (χ1n) is 47.6. The van der Waals surface area contributed by atoms with E-state index >= 15 is 14.4 Å². The lowest BCUT2D eigenvalue weighted by molar-refractivity contribution is -0.870. The van der Waals surface area contributed by atoms with Crippen molar-refractivity contribution < 1.29 is 106 Å². The van der Waals surface area contributed by atoms with E-state index in [2.05, 4.69) is 101 Å². The molecule has 0 radical (unpaired) electrons. The number of aromatic amines is 1. The highest BCUT2D eigenvalue weighted by Gasteiger charge is 2.40. The number of rotatable bonds is 65. The molecule has 3 rings (SSSR count). The van der Waals surface area contributed by atoms with Crippen LogP contribution < -0.4 is 128 Å². The van der Waals surface area contributed by atoms with Gasteiger partial charge in [0.2, 0.25) is 88.6 Å². The van der Waals surface area contributed by atoms with Crippen molar-refractivity contribution in [3.8, 4) is 0 Å². The molecule has 760 valence electrons. The lowest BCUT2D eigenvalue weighted by Gasteiger charge is -2.29. The number of nitrogens with zero attached hydrogens (tertiary/aromatic N) is 2. The molecule has 1 aromatic heterocycles. The topological polar surface area (TPSA) is 570 Å². The maximum atomic E-state index is 15.2. The van der Waals surface area contributed by atoms with Gasteiger partial charge in [-0.3, -0.25) is 71.9 Å². The van der Waals surface area contributed by atoms with Crippen molar-refractivity contribution in [3.63, 3.8) is 0 Å². The number of halogens is 2. The van der Waals surface area contributed by atoms with Crippen molar-refractivity contribution in [3.05, 3.63) is 71.9 Å². The second-order valence-corrected chi connectivity index (χ2v) is 39.4. The molecule has 25 N–H and O–H groups in total. The molecule has 0 saturated heterocycles. The average molecular weight is 1930 g/mol. The number of para-hydroxylation sites is 1. The van der Waals surface area contributed by atoms with Gasteiger partial charge in [-0.1, -0.05) is 138 Å². The number of H-pyrrole nitrogens is 1. The number of hydrogen-bond acceptors (Lipinski definition) is 19. The van der Waals surface area contributed by atoms with Gasteiger partial charge in [-0.2, -0.15) is 0 Å². The first-order valence-corrected chi connectivity index (χ1v) is 47.6. The summed E-state index contributed by atoms with van der Waals surface area (Å²) in [6.45, 7) is 24.3. The molecule has 15 amide bonds. The van der Waals surface area contributed by atoms with Crippen molar-refractivity contribution in [1.82, 2.24) is 79.4 Å². The number of quaternary nitrogens is 2. The fraction of sp³-hybridized carbons (Fsp3) is 0.695. The highest BCUT2D eigenvalue weighted by Crippen LogP contribution is 2.22. The lowest BCUT2D eigenvalue weighted by Crippen LogP contribution is -3.00. The third-order valence-electron chi connectivity index (χ3n) is 23.1. The van der Waals surface area contributed by atoms with Crippen LogP contribution in [-0.4, -0.2) is 269 Å². The summed E-state index contributed by atoms with van der Waals surface area (Å²) in [7, 11) is 12.4. The van der Waals surface area contributed by atoms with Crippen molar-refractivity contribution in [1.29, 1.82) is 0 Å². The molecule has 0 fully saturated rings. The Hall–Kier alpha value is -9.63. The van der Waals surface area contributed by atoms with Gasteiger partial charge < -0.3 is 142 Å². The van der Waals surface area contributed by atoms with Crippen LogP contribution in [-0.2, 0) is 84.8 Å². The van der Waals surface area contributed by atoms with E-state index in [1.54, 1.807) is 78.1 Å². The van der Waals surface area contributed by atoms with E-state index in [0.717, 1.165) is 40.5 Å². The van der Waals surface area contributed by atoms with E-state index in [1.807, 2.05) is 87.0 Å². The second kappa shape index (κ2) is 62.9. The number of aromatic nitrogens is 1. The second-order valence-electron chi connectivity index (χ2n) is 39.4. The fourth-order valence-corrected chi connectivity index (χ4v) is 15.1. The van der Waals surface area contributed by atoms with Gasteiger partial charge in [0, 0.05) is 29.9 Å². The fourth-order valence-electron chi connectivity index (χ4n) is 15.1. The van der Waals surface area contributed by atoms with Crippen LogP contribution in [0.1, 0.15) is 223 Å². The summed E-state index contributed by atoms with van der Waals surface area (Å²) in [4.78, 5) is 218. The Labute approximate surface area is 807 Å². The van der Waals surface area contributed by atoms with Crippen LogP contribution in [0.2, 0.25) is 0 Å². The predicted octanol–water partition coefficient (Wildman–Crippen LogP) is -4.15. The number of nitrogens with one attached hydrogen (secondary N) is 15. The molecule has 15 atom stereocenters. The Morgan fingerprint density at radius 2 is 0.701 bits per heavy atom. The van der Waals surface area contributed by atoms with E-state index in [9.17, 15) is 57.5 Å². The Morgan fingerprint density at radius 3 is 1.12 bits per heavy atom. The third kappa shape index (κ3) is 46.7. The summed E-state index contributed by atoms with van der Waals surface area (Å²) in [5.41, 5.74) is 32.0. The van der Waals surface area contributed by atoms with Crippen molar-refractivity contribution in [2.24, 2.45) is 64.2 Å². The van der Waals surface area contributed by atoms with Crippen LogP contribution in [0.5, 0.6) is 0 Å². The average Bonchev–Trinajstić information content (AvgIpc) is 1.70. The quantitative estimate of drug-likeness (QED) is 0.0188. The van der Waals surface area contributed by atoms with Crippen molar-refractivity contribution in [2.75, 3.05) is 81.6 Å². The summed E-state index contributed by atoms with van der Waals surface area (Å²) < 4.78 is 1.38. The standard InChI is InChI=1S/C95H164N22O15.2ClH/c1-20-62(12)81(93(130)102-56-78(118)103-63(13)83(120)113-79(60(8)9)95(132)112-75(52-59(6)7)89(126)107-71(42-27-32-46-97)87(124)114-80(61(10)11)94(131)108-73(82(100)119)50-57(2)3)115-88(125)72(43-28-33-47-98)104-85(122)69(41-26-31-45-96)105-91(128)76(53-64-36-22-21-23-37-64)111-90(127)74(51-58(4)5)110-86(123)70(44-30-35-49-117(17,18)19)106-92(129)77(54-65-55-101-68-40-25-24-38-66(65)68)109-84(121)67(99)39-29-34-48-116(14,15)16;;/h21-25,36-38,40,55,57-63,67,69-77,79-81,101H,20,26-35,39,41-54,56,96-99H2,1-19H3,(H14-2,100,102,103,104,105,106,107,108,109,110,111,112,113,114,115,118,119,120,121,122,123,124,125,126,127,128,129,130,131,132);2*1H/t62-,63-,67-,69-,70-,71-,72-,73-,74-,75-,76-,77-,79-,80-,81-;;/m0../s1. The minimum atomic E-state index is -1.38. The Bertz CT molecular complexity index is 4140. The van der Waals surface area contributed by atoms with E-state index < -0.39 is 197 Å². The molecule has 0 saturated carbocycles. The smallest absolute Gasteiger partial charge is 0.243 e. The van der Waals surface area contributed by atoms with E-state index in [0.29, 0.717) is 87.2 Å². The van der Waals surface area contributed by atoms with Crippen LogP contribution in [0.25, 0.3) is 10.9 Å². The molecule has 39 heteroatoms. The Morgan fingerprint density at radius 1 is 0.358 bits per heavy atom. The highest BCUT2D eigenvalue weighted by molar-refractivity contribution is 6.01. The maximum Gasteiger partial charge on any atom is 0.243 e. The highest BCUT2D eigenvalue weighted by atomic mass is 35.5. The molecule has 2 aromatic carbocycles. The van der Waals surface area contributed by atoms with Crippen LogP contribution in [0.3, 0.4) is 0 Å². The Balaban J connectivity index is 0.0000449. The number of amides is 15. The molecule has 134 heavy (non-hydrogen) atoms. The van der Waals surface area contributed by atoms with Crippen LogP contribution >= 0.6 is 0 Å². The minimum absolute atomic E-state index is 0. The number of primary amides is 1. The molecule has 0 bridgehead atoms. The summed E-state index contributed by atoms with van der Waals surface area (Å²) in [5.74, 6) is -12.9. The largest absolute Gasteiger partial charge is 1.00 e.